The van der Waals surface area contributed by atoms with Crippen molar-refractivity contribution in [1.29, 1.82) is 0 Å². The van der Waals surface area contributed by atoms with Crippen molar-refractivity contribution in [2.75, 3.05) is 12.0 Å². The van der Waals surface area contributed by atoms with Gasteiger partial charge in [-0.15, -0.1) is 0 Å². The molecule has 1 heterocycles. The van der Waals surface area contributed by atoms with Crippen LogP contribution in [0.1, 0.15) is 5.56 Å². The number of hydrogen-bond acceptors (Lipinski definition) is 5. The quantitative estimate of drug-likeness (QED) is 0.584. The molecule has 0 aliphatic rings. The smallest absolute Gasteiger partial charge is 0.240 e. The van der Waals surface area contributed by atoms with Gasteiger partial charge in [0.2, 0.25) is 5.88 Å². The van der Waals surface area contributed by atoms with Gasteiger partial charge in [0.15, 0.2) is 5.82 Å². The number of halogens is 2. The van der Waals surface area contributed by atoms with E-state index < -0.39 is 0 Å². The van der Waals surface area contributed by atoms with Crippen molar-refractivity contribution in [3.8, 4) is 11.6 Å². The standard InChI is InChI=1S/C13H13Cl2N3O2/c14-10-7-11(15)13(17-12(10)18-16)20-9-3-1-8(2-4-9)5-6-19/h1-4,7,19H,5-6,16H2,(H,17,18). The maximum atomic E-state index is 8.85. The number of hydrazine groups is 1. The predicted molar refractivity (Wildman–Crippen MR) is 79.4 cm³/mol. The molecule has 1 aromatic carbocycles. The Morgan fingerprint density at radius 1 is 1.20 bits per heavy atom. The minimum atomic E-state index is 0.107. The number of pyridine rings is 1. The topological polar surface area (TPSA) is 80.4 Å². The summed E-state index contributed by atoms with van der Waals surface area (Å²) in [6, 6.07) is 8.76. The summed E-state index contributed by atoms with van der Waals surface area (Å²) >= 11 is 11.9. The van der Waals surface area contributed by atoms with Crippen LogP contribution in [0.5, 0.6) is 11.6 Å². The van der Waals surface area contributed by atoms with E-state index in [1.165, 1.54) is 6.07 Å². The summed E-state index contributed by atoms with van der Waals surface area (Å²) in [5, 5.41) is 9.45. The highest BCUT2D eigenvalue weighted by Gasteiger charge is 2.10. The third kappa shape index (κ3) is 3.52. The molecule has 0 aliphatic carbocycles. The minimum absolute atomic E-state index is 0.107. The lowest BCUT2D eigenvalue weighted by Gasteiger charge is -2.10. The van der Waals surface area contributed by atoms with Gasteiger partial charge in [0, 0.05) is 6.61 Å². The lowest BCUT2D eigenvalue weighted by molar-refractivity contribution is 0.299. The van der Waals surface area contributed by atoms with E-state index in [1.807, 2.05) is 12.1 Å². The number of aliphatic hydroxyl groups is 1. The SMILES string of the molecule is NNc1nc(Oc2ccc(CCO)cc2)c(Cl)cc1Cl. The first kappa shape index (κ1) is 14.9. The number of aliphatic hydroxyl groups excluding tert-OH is 1. The second-order valence-electron chi connectivity index (χ2n) is 3.97. The Morgan fingerprint density at radius 3 is 2.50 bits per heavy atom. The maximum absolute atomic E-state index is 8.85. The van der Waals surface area contributed by atoms with E-state index in [0.29, 0.717) is 17.2 Å². The van der Waals surface area contributed by atoms with Crippen molar-refractivity contribution in [2.45, 2.75) is 6.42 Å². The van der Waals surface area contributed by atoms with Gasteiger partial charge in [-0.25, -0.2) is 5.84 Å². The van der Waals surface area contributed by atoms with Crippen molar-refractivity contribution in [2.24, 2.45) is 5.84 Å². The Labute approximate surface area is 126 Å². The Morgan fingerprint density at radius 2 is 1.90 bits per heavy atom. The van der Waals surface area contributed by atoms with Gasteiger partial charge in [0.1, 0.15) is 10.8 Å². The summed E-state index contributed by atoms with van der Waals surface area (Å²) in [5.74, 6) is 6.36. The third-order valence-electron chi connectivity index (χ3n) is 2.57. The van der Waals surface area contributed by atoms with Crippen molar-refractivity contribution in [3.05, 3.63) is 45.9 Å². The van der Waals surface area contributed by atoms with Crippen molar-refractivity contribution in [3.63, 3.8) is 0 Å². The van der Waals surface area contributed by atoms with Crippen LogP contribution < -0.4 is 16.0 Å². The predicted octanol–water partition coefficient (Wildman–Crippen LogP) is 3.00. The van der Waals surface area contributed by atoms with Crippen LogP contribution in [0, 0.1) is 0 Å². The number of aromatic nitrogens is 1. The molecular formula is C13H13Cl2N3O2. The molecule has 4 N–H and O–H groups in total. The average molecular weight is 314 g/mol. The number of nitrogen functional groups attached to an aromatic ring is 1. The number of anilines is 1. The molecule has 0 spiro atoms. The molecule has 0 atom stereocenters. The number of nitrogens with zero attached hydrogens (tertiary/aromatic N) is 1. The second-order valence-corrected chi connectivity index (χ2v) is 4.78. The average Bonchev–Trinajstić information content (AvgIpc) is 2.44. The molecule has 2 aromatic rings. The summed E-state index contributed by atoms with van der Waals surface area (Å²) in [4.78, 5) is 4.08. The van der Waals surface area contributed by atoms with Crippen LogP contribution in [0.3, 0.4) is 0 Å². The molecule has 0 radical (unpaired) electrons. The minimum Gasteiger partial charge on any atom is -0.437 e. The van der Waals surface area contributed by atoms with Crippen LogP contribution >= 0.6 is 23.2 Å². The summed E-state index contributed by atoms with van der Waals surface area (Å²) in [7, 11) is 0. The summed E-state index contributed by atoms with van der Waals surface area (Å²) < 4.78 is 5.58. The fourth-order valence-electron chi connectivity index (χ4n) is 1.59. The van der Waals surface area contributed by atoms with Crippen LogP contribution in [0.15, 0.2) is 30.3 Å². The molecule has 0 bridgehead atoms. The fourth-order valence-corrected chi connectivity index (χ4v) is 2.04. The van der Waals surface area contributed by atoms with E-state index in [4.69, 9.17) is 38.9 Å². The summed E-state index contributed by atoms with van der Waals surface area (Å²) in [5.41, 5.74) is 3.38. The zero-order valence-electron chi connectivity index (χ0n) is 10.4. The van der Waals surface area contributed by atoms with E-state index in [-0.39, 0.29) is 23.3 Å². The highest BCUT2D eigenvalue weighted by Crippen LogP contribution is 2.33. The summed E-state index contributed by atoms with van der Waals surface area (Å²) in [6.07, 6.45) is 0.599. The number of ether oxygens (including phenoxy) is 1. The molecule has 5 nitrogen and oxygen atoms in total. The highest BCUT2D eigenvalue weighted by atomic mass is 35.5. The molecular weight excluding hydrogens is 301 g/mol. The number of rotatable bonds is 5. The van der Waals surface area contributed by atoms with Gasteiger partial charge in [0.25, 0.3) is 0 Å². The lowest BCUT2D eigenvalue weighted by Crippen LogP contribution is -2.09. The fraction of sp³-hybridized carbons (Fsp3) is 0.154. The van der Waals surface area contributed by atoms with Gasteiger partial charge in [-0.1, -0.05) is 35.3 Å². The van der Waals surface area contributed by atoms with Gasteiger partial charge in [-0.3, -0.25) is 0 Å². The van der Waals surface area contributed by atoms with Crippen LogP contribution in [0.4, 0.5) is 5.82 Å². The maximum Gasteiger partial charge on any atom is 0.240 e. The molecule has 0 aliphatic heterocycles. The zero-order chi connectivity index (χ0) is 14.5. The van der Waals surface area contributed by atoms with Crippen LogP contribution in [-0.2, 0) is 6.42 Å². The normalized spacial score (nSPS) is 10.4. The molecule has 0 fully saturated rings. The second kappa shape index (κ2) is 6.76. The largest absolute Gasteiger partial charge is 0.437 e. The first-order chi connectivity index (χ1) is 9.63. The molecule has 20 heavy (non-hydrogen) atoms. The lowest BCUT2D eigenvalue weighted by atomic mass is 10.1. The van der Waals surface area contributed by atoms with Crippen molar-refractivity contribution >= 4 is 29.0 Å². The van der Waals surface area contributed by atoms with E-state index in [2.05, 4.69) is 10.4 Å². The van der Waals surface area contributed by atoms with E-state index >= 15 is 0 Å². The zero-order valence-corrected chi connectivity index (χ0v) is 11.9. The first-order valence-corrected chi connectivity index (χ1v) is 6.60. The number of benzene rings is 1. The first-order valence-electron chi connectivity index (χ1n) is 5.84. The Bertz CT molecular complexity index is 591. The van der Waals surface area contributed by atoms with E-state index in [0.717, 1.165) is 5.56 Å². The summed E-state index contributed by atoms with van der Waals surface area (Å²) in [6.45, 7) is 0.107. The van der Waals surface area contributed by atoms with Gasteiger partial charge < -0.3 is 15.3 Å². The van der Waals surface area contributed by atoms with E-state index in [9.17, 15) is 0 Å². The monoisotopic (exact) mass is 313 g/mol. The number of nitrogens with two attached hydrogens (primary N) is 1. The molecule has 0 saturated heterocycles. The number of nitrogens with one attached hydrogen (secondary N) is 1. The van der Waals surface area contributed by atoms with Crippen LogP contribution in [-0.4, -0.2) is 16.7 Å². The Hall–Kier alpha value is -1.53. The molecule has 0 saturated carbocycles. The number of hydrogen-bond donors (Lipinski definition) is 3. The molecule has 1 aromatic heterocycles. The van der Waals surface area contributed by atoms with Crippen molar-refractivity contribution < 1.29 is 9.84 Å². The molecule has 0 unspecified atom stereocenters. The van der Waals surface area contributed by atoms with Gasteiger partial charge in [0.05, 0.1) is 5.02 Å². The molecule has 7 heteroatoms. The Kier molecular flexibility index (Phi) is 5.03. The Balaban J connectivity index is 2.21. The third-order valence-corrected chi connectivity index (χ3v) is 3.13. The van der Waals surface area contributed by atoms with E-state index in [1.54, 1.807) is 12.1 Å². The van der Waals surface area contributed by atoms with Gasteiger partial charge in [-0.05, 0) is 30.2 Å². The van der Waals surface area contributed by atoms with Gasteiger partial charge in [-0.2, -0.15) is 4.98 Å². The van der Waals surface area contributed by atoms with Crippen molar-refractivity contribution in [1.82, 2.24) is 4.98 Å². The molecule has 2 rings (SSSR count). The van der Waals surface area contributed by atoms with Gasteiger partial charge >= 0.3 is 0 Å². The molecule has 106 valence electrons. The highest BCUT2D eigenvalue weighted by molar-refractivity contribution is 6.36. The van der Waals surface area contributed by atoms with Crippen LogP contribution in [0.2, 0.25) is 10.0 Å². The van der Waals surface area contributed by atoms with Crippen LogP contribution in [0.25, 0.3) is 0 Å². The molecule has 0 amide bonds.